The highest BCUT2D eigenvalue weighted by Gasteiger charge is 2.38. The first kappa shape index (κ1) is 20.6. The molecule has 12 heteroatoms. The lowest BCUT2D eigenvalue weighted by molar-refractivity contribution is -0.146. The highest BCUT2D eigenvalue weighted by Crippen LogP contribution is 2.30. The molecule has 4 heterocycles. The van der Waals surface area contributed by atoms with Gasteiger partial charge in [-0.3, -0.25) is 4.79 Å². The van der Waals surface area contributed by atoms with Crippen molar-refractivity contribution in [1.82, 2.24) is 24.8 Å². The zero-order chi connectivity index (χ0) is 22.5. The predicted octanol–water partition coefficient (Wildman–Crippen LogP) is 3.92. The first-order valence-electron chi connectivity index (χ1n) is 10.0. The van der Waals surface area contributed by atoms with Crippen LogP contribution in [0, 0.1) is 12.8 Å². The van der Waals surface area contributed by atoms with Crippen molar-refractivity contribution in [1.29, 1.82) is 0 Å². The number of rotatable bonds is 3. The van der Waals surface area contributed by atoms with Crippen LogP contribution in [0.15, 0.2) is 30.3 Å². The van der Waals surface area contributed by atoms with Crippen LogP contribution in [-0.2, 0) is 11.0 Å². The second-order valence-electron chi connectivity index (χ2n) is 7.67. The Morgan fingerprint density at radius 2 is 1.94 bits per heavy atom. The molecule has 0 aliphatic carbocycles. The molecule has 166 valence electrons. The molecule has 1 aliphatic heterocycles. The van der Waals surface area contributed by atoms with E-state index in [2.05, 4.69) is 25.6 Å². The summed E-state index contributed by atoms with van der Waals surface area (Å²) in [5.41, 5.74) is 1.97. The summed E-state index contributed by atoms with van der Waals surface area (Å²) in [6.07, 6.45) is -3.52. The summed E-state index contributed by atoms with van der Waals surface area (Å²) in [5, 5.41) is 14.3. The minimum absolute atomic E-state index is 0.0291. The number of thiazole rings is 1. The van der Waals surface area contributed by atoms with E-state index in [-0.39, 0.29) is 17.5 Å². The van der Waals surface area contributed by atoms with E-state index in [4.69, 9.17) is 0 Å². The minimum atomic E-state index is -4.64. The Morgan fingerprint density at radius 3 is 2.66 bits per heavy atom. The number of halogens is 3. The monoisotopic (exact) mass is 461 g/mol. The van der Waals surface area contributed by atoms with E-state index in [1.807, 2.05) is 30.0 Å². The minimum Gasteiger partial charge on any atom is -0.355 e. The SMILES string of the molecule is Cc1cccc2sc(NC(=O)C3CCN(c4ccc5nnc(C(F)(F)F)n5n4)CC3)nc12. The van der Waals surface area contributed by atoms with Crippen molar-refractivity contribution in [2.75, 3.05) is 23.3 Å². The van der Waals surface area contributed by atoms with Gasteiger partial charge in [-0.15, -0.1) is 15.3 Å². The third-order valence-corrected chi connectivity index (χ3v) is 6.48. The summed E-state index contributed by atoms with van der Waals surface area (Å²) >= 11 is 1.44. The number of benzene rings is 1. The van der Waals surface area contributed by atoms with Crippen molar-refractivity contribution < 1.29 is 18.0 Å². The molecule has 0 saturated carbocycles. The smallest absolute Gasteiger partial charge is 0.355 e. The molecule has 1 N–H and O–H groups in total. The molecule has 1 saturated heterocycles. The van der Waals surface area contributed by atoms with Gasteiger partial charge >= 0.3 is 6.18 Å². The fourth-order valence-electron chi connectivity index (χ4n) is 3.84. The van der Waals surface area contributed by atoms with Crippen molar-refractivity contribution in [2.45, 2.75) is 25.9 Å². The van der Waals surface area contributed by atoms with E-state index in [0.29, 0.717) is 41.4 Å². The van der Waals surface area contributed by atoms with Crippen LogP contribution in [0.2, 0.25) is 0 Å². The van der Waals surface area contributed by atoms with Crippen LogP contribution in [0.5, 0.6) is 0 Å². The number of carbonyl (C=O) groups is 1. The van der Waals surface area contributed by atoms with Gasteiger partial charge in [-0.2, -0.15) is 17.7 Å². The summed E-state index contributed by atoms with van der Waals surface area (Å²) in [6.45, 7) is 2.98. The highest BCUT2D eigenvalue weighted by atomic mass is 32.1. The molecule has 0 atom stereocenters. The second-order valence-corrected chi connectivity index (χ2v) is 8.70. The van der Waals surface area contributed by atoms with Crippen LogP contribution in [0.1, 0.15) is 24.2 Å². The lowest BCUT2D eigenvalue weighted by Gasteiger charge is -2.31. The van der Waals surface area contributed by atoms with Crippen molar-refractivity contribution >= 4 is 44.1 Å². The van der Waals surface area contributed by atoms with Crippen LogP contribution >= 0.6 is 11.3 Å². The Balaban J connectivity index is 1.26. The number of alkyl halides is 3. The number of aryl methyl sites for hydroxylation is 1. The molecule has 32 heavy (non-hydrogen) atoms. The summed E-state index contributed by atoms with van der Waals surface area (Å²) in [4.78, 5) is 19.1. The number of aromatic nitrogens is 5. The topological polar surface area (TPSA) is 88.3 Å². The number of amides is 1. The van der Waals surface area contributed by atoms with Gasteiger partial charge in [0.25, 0.3) is 5.82 Å². The molecule has 0 spiro atoms. The van der Waals surface area contributed by atoms with Gasteiger partial charge in [-0.05, 0) is 43.5 Å². The maximum Gasteiger partial charge on any atom is 0.453 e. The fourth-order valence-corrected chi connectivity index (χ4v) is 4.79. The van der Waals surface area contributed by atoms with Gasteiger partial charge in [0.15, 0.2) is 10.8 Å². The van der Waals surface area contributed by atoms with Crippen molar-refractivity contribution in [3.05, 3.63) is 41.7 Å². The lowest BCUT2D eigenvalue weighted by Crippen LogP contribution is -2.38. The molecular weight excluding hydrogens is 443 g/mol. The number of fused-ring (bicyclic) bond motifs is 2. The summed E-state index contributed by atoms with van der Waals surface area (Å²) in [6, 6.07) is 8.98. The first-order chi connectivity index (χ1) is 15.3. The maximum absolute atomic E-state index is 13.1. The van der Waals surface area contributed by atoms with Gasteiger partial charge in [0.1, 0.15) is 5.82 Å². The largest absolute Gasteiger partial charge is 0.453 e. The molecule has 1 amide bonds. The molecule has 0 radical (unpaired) electrons. The average Bonchev–Trinajstić information content (AvgIpc) is 3.37. The van der Waals surface area contributed by atoms with Gasteiger partial charge in [0.2, 0.25) is 5.91 Å². The number of piperidine rings is 1. The Bertz CT molecular complexity index is 1310. The maximum atomic E-state index is 13.1. The molecule has 0 bridgehead atoms. The van der Waals surface area contributed by atoms with E-state index in [1.54, 1.807) is 6.07 Å². The third-order valence-electron chi connectivity index (χ3n) is 5.54. The average molecular weight is 461 g/mol. The molecule has 1 fully saturated rings. The van der Waals surface area contributed by atoms with Crippen molar-refractivity contribution in [3.63, 3.8) is 0 Å². The van der Waals surface area contributed by atoms with Gasteiger partial charge in [-0.1, -0.05) is 23.5 Å². The van der Waals surface area contributed by atoms with Gasteiger partial charge in [0, 0.05) is 19.0 Å². The number of nitrogens with one attached hydrogen (secondary N) is 1. The number of nitrogens with zero attached hydrogens (tertiary/aromatic N) is 6. The van der Waals surface area contributed by atoms with Crippen LogP contribution < -0.4 is 10.2 Å². The van der Waals surface area contributed by atoms with E-state index < -0.39 is 12.0 Å². The van der Waals surface area contributed by atoms with Crippen LogP contribution in [0.3, 0.4) is 0 Å². The lowest BCUT2D eigenvalue weighted by atomic mass is 9.96. The molecule has 0 unspecified atom stereocenters. The standard InChI is InChI=1S/C20H18F3N7OS/c1-11-3-2-4-13-16(11)24-19(32-13)25-17(31)12-7-9-29(10-8-12)15-6-5-14-26-27-18(20(21,22)23)30(14)28-15/h2-6,12H,7-10H2,1H3,(H,24,25,31). The molecule has 4 aromatic rings. The zero-order valence-electron chi connectivity index (χ0n) is 16.9. The normalized spacial score (nSPS) is 15.6. The Kier molecular flexibility index (Phi) is 4.96. The quantitative estimate of drug-likeness (QED) is 0.498. The predicted molar refractivity (Wildman–Crippen MR) is 114 cm³/mol. The van der Waals surface area contributed by atoms with E-state index in [1.165, 1.54) is 17.4 Å². The molecular formula is C20H18F3N7OS. The van der Waals surface area contributed by atoms with Crippen LogP contribution in [0.4, 0.5) is 24.1 Å². The molecule has 1 aromatic carbocycles. The summed E-state index contributed by atoms with van der Waals surface area (Å²) in [7, 11) is 0. The fraction of sp³-hybridized carbons (Fsp3) is 0.350. The third kappa shape index (κ3) is 3.74. The molecule has 8 nitrogen and oxygen atoms in total. The first-order valence-corrected chi connectivity index (χ1v) is 10.8. The molecule has 1 aliphatic rings. The van der Waals surface area contributed by atoms with Gasteiger partial charge < -0.3 is 10.2 Å². The Morgan fingerprint density at radius 1 is 1.16 bits per heavy atom. The van der Waals surface area contributed by atoms with Crippen LogP contribution in [0.25, 0.3) is 15.9 Å². The number of hydrogen-bond donors (Lipinski definition) is 1. The number of anilines is 2. The van der Waals surface area contributed by atoms with Crippen molar-refractivity contribution in [3.8, 4) is 0 Å². The van der Waals surface area contributed by atoms with E-state index >= 15 is 0 Å². The second kappa shape index (κ2) is 7.69. The zero-order valence-corrected chi connectivity index (χ0v) is 17.7. The summed E-state index contributed by atoms with van der Waals surface area (Å²) < 4.78 is 41.1. The number of carbonyl (C=O) groups excluding carboxylic acids is 1. The number of hydrogen-bond acceptors (Lipinski definition) is 7. The van der Waals surface area contributed by atoms with E-state index in [0.717, 1.165) is 15.8 Å². The summed E-state index contributed by atoms with van der Waals surface area (Å²) in [5.74, 6) is -1.07. The van der Waals surface area contributed by atoms with Crippen molar-refractivity contribution in [2.24, 2.45) is 5.92 Å². The van der Waals surface area contributed by atoms with Crippen LogP contribution in [-0.4, -0.2) is 43.8 Å². The van der Waals surface area contributed by atoms with Gasteiger partial charge in [-0.25, -0.2) is 4.98 Å². The van der Waals surface area contributed by atoms with E-state index in [9.17, 15) is 18.0 Å². The Hall–Kier alpha value is -3.28. The Labute approximate surface area is 184 Å². The molecule has 3 aromatic heterocycles. The van der Waals surface area contributed by atoms with Gasteiger partial charge in [0.05, 0.1) is 10.2 Å². The molecule has 5 rings (SSSR count). The highest BCUT2D eigenvalue weighted by molar-refractivity contribution is 7.22. The number of para-hydroxylation sites is 1.